The van der Waals surface area contributed by atoms with Gasteiger partial charge in [-0.25, -0.2) is 0 Å². The fourth-order valence-corrected chi connectivity index (χ4v) is 1.19. The molecule has 1 fully saturated rings. The molecule has 0 aromatic heterocycles. The van der Waals surface area contributed by atoms with Crippen molar-refractivity contribution < 1.29 is 62.5 Å². The Kier molecular flexibility index (Phi) is 5.71. The van der Waals surface area contributed by atoms with Gasteiger partial charge in [0.2, 0.25) is 5.78 Å². The van der Waals surface area contributed by atoms with Crippen LogP contribution in [0.5, 0.6) is 0 Å². The van der Waals surface area contributed by atoms with Crippen molar-refractivity contribution in [3.8, 4) is 0 Å². The van der Waals surface area contributed by atoms with Crippen molar-refractivity contribution >= 4 is 5.78 Å². The maximum Gasteiger partial charge on any atom is 1.00 e. The van der Waals surface area contributed by atoms with Gasteiger partial charge in [-0.05, 0) is 12.8 Å². The predicted octanol–water partition coefficient (Wildman–Crippen LogP) is -2.11. The number of Topliss-reactive ketones (excluding diaryl/α,β-unsaturated/α-hetero) is 1. The van der Waals surface area contributed by atoms with Crippen molar-refractivity contribution in [3.63, 3.8) is 0 Å². The average Bonchev–Trinajstić information content (AvgIpc) is 1.88. The quantitative estimate of drug-likeness (QED) is 0.265. The Hall–Kier alpha value is 0.706. The minimum Gasteiger partial charge on any atom is -1.00 e. The number of nitro groups is 1. The van der Waals surface area contributed by atoms with Gasteiger partial charge in [0.15, 0.2) is 0 Å². The van der Waals surface area contributed by atoms with Crippen molar-refractivity contribution in [2.24, 2.45) is 0 Å². The summed E-state index contributed by atoms with van der Waals surface area (Å²) in [6, 6.07) is -0.895. The maximum absolute atomic E-state index is 10.8. The SMILES string of the molecule is O=C1CCCCC1[N+](=O)[O-].[H-].[K+]. The number of nitrogens with zero attached hydrogens (tertiary/aromatic N) is 1. The third kappa shape index (κ3) is 3.29. The summed E-state index contributed by atoms with van der Waals surface area (Å²) >= 11 is 0. The van der Waals surface area contributed by atoms with E-state index in [-0.39, 0.29) is 58.6 Å². The number of hydrogen-bond acceptors (Lipinski definition) is 3. The first kappa shape index (κ1) is 11.7. The normalized spacial score (nSPS) is 24.0. The molecule has 11 heavy (non-hydrogen) atoms. The summed E-state index contributed by atoms with van der Waals surface area (Å²) in [5.74, 6) is -0.198. The van der Waals surface area contributed by atoms with Gasteiger partial charge in [0.05, 0.1) is 0 Å². The van der Waals surface area contributed by atoms with Crippen molar-refractivity contribution in [2.45, 2.75) is 31.7 Å². The molecule has 0 aromatic carbocycles. The number of carbonyl (C=O) groups is 1. The fourth-order valence-electron chi connectivity index (χ4n) is 1.19. The first-order chi connectivity index (χ1) is 4.72. The molecule has 0 saturated heterocycles. The van der Waals surface area contributed by atoms with E-state index in [9.17, 15) is 14.9 Å². The van der Waals surface area contributed by atoms with Crippen LogP contribution in [0.4, 0.5) is 0 Å². The van der Waals surface area contributed by atoms with E-state index in [0.29, 0.717) is 12.8 Å². The Labute approximate surface area is 109 Å². The van der Waals surface area contributed by atoms with Crippen molar-refractivity contribution in [3.05, 3.63) is 10.1 Å². The van der Waals surface area contributed by atoms with E-state index >= 15 is 0 Å². The van der Waals surface area contributed by atoms with Crippen molar-refractivity contribution in [1.29, 1.82) is 0 Å². The van der Waals surface area contributed by atoms with Gasteiger partial charge < -0.3 is 1.43 Å². The van der Waals surface area contributed by atoms with Gasteiger partial charge >= 0.3 is 51.4 Å². The molecule has 0 aliphatic heterocycles. The van der Waals surface area contributed by atoms with Crippen molar-refractivity contribution in [2.75, 3.05) is 0 Å². The summed E-state index contributed by atoms with van der Waals surface area (Å²) in [5, 5.41) is 10.1. The van der Waals surface area contributed by atoms with Crippen LogP contribution in [0.2, 0.25) is 0 Å². The van der Waals surface area contributed by atoms with Gasteiger partial charge in [0.1, 0.15) is 0 Å². The van der Waals surface area contributed by atoms with Gasteiger partial charge in [-0.3, -0.25) is 14.9 Å². The molecule has 0 radical (unpaired) electrons. The number of hydrogen-bond donors (Lipinski definition) is 0. The molecule has 1 saturated carbocycles. The second kappa shape index (κ2) is 5.37. The smallest absolute Gasteiger partial charge is 1.00 e. The van der Waals surface area contributed by atoms with Crippen LogP contribution in [0.1, 0.15) is 27.1 Å². The molecule has 58 valence electrons. The van der Waals surface area contributed by atoms with Crippen LogP contribution in [-0.4, -0.2) is 16.7 Å². The molecule has 1 atom stereocenters. The summed E-state index contributed by atoms with van der Waals surface area (Å²) in [7, 11) is 0. The van der Waals surface area contributed by atoms with Gasteiger partial charge in [-0.1, -0.05) is 0 Å². The van der Waals surface area contributed by atoms with E-state index < -0.39 is 11.0 Å². The first-order valence-electron chi connectivity index (χ1n) is 3.38. The topological polar surface area (TPSA) is 60.2 Å². The van der Waals surface area contributed by atoms with Crippen LogP contribution in [0, 0.1) is 10.1 Å². The first-order valence-corrected chi connectivity index (χ1v) is 3.38. The third-order valence-corrected chi connectivity index (χ3v) is 1.78. The van der Waals surface area contributed by atoms with Crippen LogP contribution in [0.25, 0.3) is 0 Å². The molecule has 5 heteroatoms. The molecule has 0 aromatic rings. The largest absolute Gasteiger partial charge is 1.00 e. The fraction of sp³-hybridized carbons (Fsp3) is 0.833. The summed E-state index contributed by atoms with van der Waals surface area (Å²) in [6.45, 7) is 0. The van der Waals surface area contributed by atoms with E-state index in [1.54, 1.807) is 0 Å². The molecule has 1 aliphatic rings. The molecule has 0 amide bonds. The van der Waals surface area contributed by atoms with E-state index in [1.165, 1.54) is 0 Å². The summed E-state index contributed by atoms with van der Waals surface area (Å²) < 4.78 is 0. The predicted molar refractivity (Wildman–Crippen MR) is 35.4 cm³/mol. The van der Waals surface area contributed by atoms with Crippen molar-refractivity contribution in [1.82, 2.24) is 0 Å². The minimum absolute atomic E-state index is 0. The molecule has 0 N–H and O–H groups in total. The molecule has 1 unspecified atom stereocenters. The van der Waals surface area contributed by atoms with Gasteiger partial charge in [0.25, 0.3) is 6.04 Å². The number of ketones is 1. The van der Waals surface area contributed by atoms with E-state index in [2.05, 4.69) is 0 Å². The molecule has 1 rings (SSSR count). The van der Waals surface area contributed by atoms with Crippen LogP contribution >= 0.6 is 0 Å². The zero-order valence-electron chi connectivity index (χ0n) is 7.58. The zero-order valence-corrected chi connectivity index (χ0v) is 9.70. The molecule has 1 aliphatic carbocycles. The second-order valence-electron chi connectivity index (χ2n) is 2.51. The van der Waals surface area contributed by atoms with Gasteiger partial charge in [-0.15, -0.1) is 0 Å². The Balaban J connectivity index is 0. The standard InChI is InChI=1S/C6H9NO3.K.H/c8-6-4-2-1-3-5(6)7(9)10;;/h5H,1-4H2;;/q;+1;-1. The summed E-state index contributed by atoms with van der Waals surface area (Å²) in [6.07, 6.45) is 2.47. The maximum atomic E-state index is 10.8. The van der Waals surface area contributed by atoms with Gasteiger partial charge in [-0.2, -0.15) is 0 Å². The molecular formula is C6H10KNO3. The van der Waals surface area contributed by atoms with E-state index in [1.807, 2.05) is 0 Å². The van der Waals surface area contributed by atoms with Gasteiger partial charge in [0, 0.05) is 17.8 Å². The minimum atomic E-state index is -0.895. The van der Waals surface area contributed by atoms with Crippen LogP contribution in [0.15, 0.2) is 0 Å². The van der Waals surface area contributed by atoms with Crippen LogP contribution in [0.3, 0.4) is 0 Å². The molecular weight excluding hydrogens is 173 g/mol. The number of rotatable bonds is 1. The zero-order chi connectivity index (χ0) is 7.56. The number of carbonyl (C=O) groups excluding carboxylic acids is 1. The molecule has 0 bridgehead atoms. The Morgan fingerprint density at radius 3 is 2.55 bits per heavy atom. The molecule has 4 nitrogen and oxygen atoms in total. The van der Waals surface area contributed by atoms with Crippen LogP contribution in [-0.2, 0) is 4.79 Å². The Bertz CT molecular complexity index is 176. The summed E-state index contributed by atoms with van der Waals surface area (Å²) in [5.41, 5.74) is 0. The summed E-state index contributed by atoms with van der Waals surface area (Å²) in [4.78, 5) is 20.5. The molecule has 0 heterocycles. The Morgan fingerprint density at radius 1 is 1.55 bits per heavy atom. The van der Waals surface area contributed by atoms with E-state index in [4.69, 9.17) is 0 Å². The molecule has 0 spiro atoms. The second-order valence-corrected chi connectivity index (χ2v) is 2.51. The Morgan fingerprint density at radius 2 is 2.18 bits per heavy atom. The third-order valence-electron chi connectivity index (χ3n) is 1.78. The van der Waals surface area contributed by atoms with E-state index in [0.717, 1.165) is 12.8 Å². The average molecular weight is 183 g/mol. The van der Waals surface area contributed by atoms with Crippen LogP contribution < -0.4 is 51.4 Å². The monoisotopic (exact) mass is 183 g/mol.